The standard InChI is InChI=1S/C7H11N.C3H3Br/c1-2-5-8-6-3-4-7-8;1-2-3-4/h1H,3-7H2;1H,3H2. The van der Waals surface area contributed by atoms with Crippen molar-refractivity contribution >= 4 is 15.9 Å². The summed E-state index contributed by atoms with van der Waals surface area (Å²) in [6.45, 7) is 3.27. The van der Waals surface area contributed by atoms with E-state index in [0.29, 0.717) is 5.33 Å². The van der Waals surface area contributed by atoms with E-state index < -0.39 is 0 Å². The van der Waals surface area contributed by atoms with Crippen LogP contribution in [0.25, 0.3) is 0 Å². The maximum atomic E-state index is 5.12. The fourth-order valence-corrected chi connectivity index (χ4v) is 1.07. The lowest BCUT2D eigenvalue weighted by atomic mass is 10.4. The Morgan fingerprint density at radius 3 is 2.00 bits per heavy atom. The Morgan fingerprint density at radius 2 is 1.67 bits per heavy atom. The van der Waals surface area contributed by atoms with E-state index in [1.165, 1.54) is 25.9 Å². The van der Waals surface area contributed by atoms with Gasteiger partial charge in [0.15, 0.2) is 0 Å². The SMILES string of the molecule is C#CCBr.C#CCN1CCCC1. The van der Waals surface area contributed by atoms with E-state index >= 15 is 0 Å². The first-order chi connectivity index (χ1) is 5.85. The van der Waals surface area contributed by atoms with E-state index in [2.05, 4.69) is 32.7 Å². The quantitative estimate of drug-likeness (QED) is 0.488. The first kappa shape index (κ1) is 11.6. The van der Waals surface area contributed by atoms with Crippen LogP contribution >= 0.6 is 15.9 Å². The van der Waals surface area contributed by atoms with Crippen LogP contribution in [0.3, 0.4) is 0 Å². The highest BCUT2D eigenvalue weighted by molar-refractivity contribution is 9.09. The Bertz CT molecular complexity index is 169. The van der Waals surface area contributed by atoms with Gasteiger partial charge in [0, 0.05) is 0 Å². The van der Waals surface area contributed by atoms with Crippen molar-refractivity contribution in [3.05, 3.63) is 0 Å². The molecule has 0 spiro atoms. The zero-order chi connectivity index (χ0) is 9.23. The molecule has 0 bridgehead atoms. The lowest BCUT2D eigenvalue weighted by Crippen LogP contribution is -2.18. The first-order valence-corrected chi connectivity index (χ1v) is 5.12. The topological polar surface area (TPSA) is 3.24 Å². The number of likely N-dealkylation sites (tertiary alicyclic amines) is 1. The highest BCUT2D eigenvalue weighted by atomic mass is 79.9. The van der Waals surface area contributed by atoms with Gasteiger partial charge in [-0.15, -0.1) is 12.8 Å². The molecule has 0 aliphatic carbocycles. The molecule has 0 unspecified atom stereocenters. The van der Waals surface area contributed by atoms with Crippen LogP contribution in [0.5, 0.6) is 0 Å². The van der Waals surface area contributed by atoms with Crippen LogP contribution in [0.4, 0.5) is 0 Å². The van der Waals surface area contributed by atoms with Crippen LogP contribution in [0.1, 0.15) is 12.8 Å². The number of nitrogens with zero attached hydrogens (tertiary/aromatic N) is 1. The summed E-state index contributed by atoms with van der Waals surface area (Å²) in [7, 11) is 0. The van der Waals surface area contributed by atoms with Crippen molar-refractivity contribution in [2.24, 2.45) is 0 Å². The Balaban J connectivity index is 0.000000261. The van der Waals surface area contributed by atoms with Gasteiger partial charge in [-0.05, 0) is 25.9 Å². The Labute approximate surface area is 83.6 Å². The van der Waals surface area contributed by atoms with Gasteiger partial charge >= 0.3 is 0 Å². The maximum Gasteiger partial charge on any atom is 0.0642 e. The third-order valence-corrected chi connectivity index (χ3v) is 1.91. The molecule has 0 aromatic carbocycles. The zero-order valence-electron chi connectivity index (χ0n) is 7.22. The molecule has 1 aliphatic heterocycles. The monoisotopic (exact) mass is 227 g/mol. The third kappa shape index (κ3) is 6.28. The number of hydrogen-bond acceptors (Lipinski definition) is 1. The molecule has 0 N–H and O–H groups in total. The van der Waals surface area contributed by atoms with Gasteiger partial charge in [0.05, 0.1) is 11.9 Å². The van der Waals surface area contributed by atoms with Crippen LogP contribution in [0.2, 0.25) is 0 Å². The van der Waals surface area contributed by atoms with Gasteiger partial charge < -0.3 is 0 Å². The second kappa shape index (κ2) is 8.65. The van der Waals surface area contributed by atoms with Gasteiger partial charge in [-0.1, -0.05) is 27.8 Å². The molecule has 0 atom stereocenters. The number of hydrogen-bond donors (Lipinski definition) is 0. The average molecular weight is 228 g/mol. The number of halogens is 1. The van der Waals surface area contributed by atoms with E-state index in [9.17, 15) is 0 Å². The summed E-state index contributed by atoms with van der Waals surface area (Å²) in [5.41, 5.74) is 0. The summed E-state index contributed by atoms with van der Waals surface area (Å²) >= 11 is 3.01. The van der Waals surface area contributed by atoms with Crippen LogP contribution < -0.4 is 0 Å². The van der Waals surface area contributed by atoms with E-state index in [4.69, 9.17) is 12.8 Å². The molecule has 0 saturated carbocycles. The minimum absolute atomic E-state index is 0.660. The van der Waals surface area contributed by atoms with Crippen LogP contribution in [-0.2, 0) is 0 Å². The summed E-state index contributed by atoms with van der Waals surface area (Å²) in [6, 6.07) is 0. The largest absolute Gasteiger partial charge is 0.292 e. The predicted octanol–water partition coefficient (Wildman–Crippen LogP) is 1.73. The number of alkyl halides is 1. The van der Waals surface area contributed by atoms with Crippen molar-refractivity contribution in [1.82, 2.24) is 4.90 Å². The molecule has 1 heterocycles. The summed E-state index contributed by atoms with van der Waals surface area (Å²) in [6.07, 6.45) is 12.5. The van der Waals surface area contributed by atoms with Gasteiger partial charge in [-0.25, -0.2) is 0 Å². The molecule has 12 heavy (non-hydrogen) atoms. The van der Waals surface area contributed by atoms with Crippen molar-refractivity contribution in [3.8, 4) is 24.7 Å². The van der Waals surface area contributed by atoms with Crippen LogP contribution in [-0.4, -0.2) is 29.9 Å². The van der Waals surface area contributed by atoms with Crippen molar-refractivity contribution < 1.29 is 0 Å². The van der Waals surface area contributed by atoms with E-state index in [1.807, 2.05) is 0 Å². The predicted molar refractivity (Wildman–Crippen MR) is 57.1 cm³/mol. The number of rotatable bonds is 1. The molecular formula is C10H14BrN. The van der Waals surface area contributed by atoms with Crippen LogP contribution in [0.15, 0.2) is 0 Å². The average Bonchev–Trinajstić information content (AvgIpc) is 2.58. The molecule has 66 valence electrons. The highest BCUT2D eigenvalue weighted by Crippen LogP contribution is 2.04. The lowest BCUT2D eigenvalue weighted by Gasteiger charge is -2.07. The molecule has 0 radical (unpaired) electrons. The smallest absolute Gasteiger partial charge is 0.0642 e. The van der Waals surface area contributed by atoms with Gasteiger partial charge in [-0.3, -0.25) is 4.90 Å². The van der Waals surface area contributed by atoms with E-state index in [1.54, 1.807) is 0 Å². The fraction of sp³-hybridized carbons (Fsp3) is 0.600. The summed E-state index contributed by atoms with van der Waals surface area (Å²) in [4.78, 5) is 2.31. The van der Waals surface area contributed by atoms with Gasteiger partial charge in [0.25, 0.3) is 0 Å². The minimum Gasteiger partial charge on any atom is -0.292 e. The molecule has 0 aromatic rings. The molecule has 1 nitrogen and oxygen atoms in total. The molecule has 1 aliphatic rings. The van der Waals surface area contributed by atoms with Gasteiger partial charge in [-0.2, -0.15) is 0 Å². The molecule has 2 heteroatoms. The zero-order valence-corrected chi connectivity index (χ0v) is 8.81. The minimum atomic E-state index is 0.660. The second-order valence-corrected chi connectivity index (χ2v) is 3.09. The maximum absolute atomic E-state index is 5.12. The summed E-state index contributed by atoms with van der Waals surface area (Å²) in [5, 5.41) is 0.660. The van der Waals surface area contributed by atoms with Crippen molar-refractivity contribution in [2.75, 3.05) is 25.0 Å². The lowest BCUT2D eigenvalue weighted by molar-refractivity contribution is 0.383. The molecule has 1 rings (SSSR count). The van der Waals surface area contributed by atoms with Gasteiger partial charge in [0.1, 0.15) is 0 Å². The summed E-state index contributed by atoms with van der Waals surface area (Å²) in [5.74, 6) is 4.98. The number of terminal acetylenes is 2. The first-order valence-electron chi connectivity index (χ1n) is 4.00. The third-order valence-electron chi connectivity index (χ3n) is 1.59. The fourth-order valence-electron chi connectivity index (χ4n) is 1.07. The van der Waals surface area contributed by atoms with E-state index in [0.717, 1.165) is 6.54 Å². The molecule has 0 aromatic heterocycles. The summed E-state index contributed by atoms with van der Waals surface area (Å²) < 4.78 is 0. The molecule has 1 saturated heterocycles. The normalized spacial score (nSPS) is 15.6. The van der Waals surface area contributed by atoms with Crippen LogP contribution in [0, 0.1) is 24.7 Å². The molecule has 0 amide bonds. The van der Waals surface area contributed by atoms with Gasteiger partial charge in [0.2, 0.25) is 0 Å². The van der Waals surface area contributed by atoms with E-state index in [-0.39, 0.29) is 0 Å². The van der Waals surface area contributed by atoms with Crippen molar-refractivity contribution in [1.29, 1.82) is 0 Å². The van der Waals surface area contributed by atoms with Crippen molar-refractivity contribution in [2.45, 2.75) is 12.8 Å². The second-order valence-electron chi connectivity index (χ2n) is 2.53. The van der Waals surface area contributed by atoms with Crippen molar-refractivity contribution in [3.63, 3.8) is 0 Å². The Morgan fingerprint density at radius 1 is 1.17 bits per heavy atom. The molecule has 1 fully saturated rings. The Hall–Kier alpha value is -0.440. The Kier molecular flexibility index (Phi) is 8.34. The highest BCUT2D eigenvalue weighted by Gasteiger charge is 2.08. The molecular weight excluding hydrogens is 214 g/mol.